The number of primary amides is 1. The zero-order chi connectivity index (χ0) is 12.5. The lowest BCUT2D eigenvalue weighted by Gasteiger charge is -2.07. The van der Waals surface area contributed by atoms with Gasteiger partial charge in [0, 0.05) is 5.33 Å². The van der Waals surface area contributed by atoms with E-state index in [0.29, 0.717) is 31.3 Å². The smallest absolute Gasteiger partial charge is 0.409 e. The Morgan fingerprint density at radius 2 is 1.76 bits per heavy atom. The van der Waals surface area contributed by atoms with E-state index < -0.39 is 6.09 Å². The van der Waals surface area contributed by atoms with E-state index in [1.165, 1.54) is 0 Å². The monoisotopic (exact) mass is 303 g/mol. The summed E-state index contributed by atoms with van der Waals surface area (Å²) in [5, 5.41) is 0.812. The fourth-order valence-corrected chi connectivity index (χ4v) is 1.32. The Bertz CT molecular complexity index is 342. The third-order valence-electron chi connectivity index (χ3n) is 1.76. The number of carbonyl (C=O) groups excluding carboxylic acids is 1. The number of nitrogens with two attached hydrogens (primary N) is 1. The molecule has 0 unspecified atom stereocenters. The first kappa shape index (κ1) is 13.8. The lowest BCUT2D eigenvalue weighted by Crippen LogP contribution is -2.16. The third kappa shape index (κ3) is 6.13. The molecule has 0 saturated carbocycles. The van der Waals surface area contributed by atoms with Gasteiger partial charge in [-0.15, -0.1) is 0 Å². The van der Waals surface area contributed by atoms with Gasteiger partial charge in [0.2, 0.25) is 0 Å². The molecular formula is C11H14BrNO4. The van der Waals surface area contributed by atoms with E-state index in [-0.39, 0.29) is 0 Å². The molecule has 0 spiro atoms. The lowest BCUT2D eigenvalue weighted by atomic mass is 10.3. The minimum absolute atomic E-state index is 0.389. The summed E-state index contributed by atoms with van der Waals surface area (Å²) in [6.45, 7) is 1.67. The first-order chi connectivity index (χ1) is 8.22. The van der Waals surface area contributed by atoms with Crippen LogP contribution in [-0.2, 0) is 4.74 Å². The topological polar surface area (TPSA) is 70.8 Å². The molecule has 0 atom stereocenters. The Balaban J connectivity index is 2.28. The van der Waals surface area contributed by atoms with Crippen LogP contribution in [0.25, 0.3) is 0 Å². The molecule has 0 aliphatic heterocycles. The first-order valence-electron chi connectivity index (χ1n) is 5.06. The Morgan fingerprint density at radius 1 is 1.12 bits per heavy atom. The van der Waals surface area contributed by atoms with Gasteiger partial charge >= 0.3 is 6.09 Å². The summed E-state index contributed by atoms with van der Waals surface area (Å²) in [5.41, 5.74) is 4.88. The highest BCUT2D eigenvalue weighted by molar-refractivity contribution is 9.09. The quantitative estimate of drug-likeness (QED) is 0.617. The number of hydrogen-bond acceptors (Lipinski definition) is 4. The van der Waals surface area contributed by atoms with Crippen LogP contribution in [0, 0.1) is 0 Å². The maximum Gasteiger partial charge on any atom is 0.409 e. The van der Waals surface area contributed by atoms with Crippen molar-refractivity contribution in [3.05, 3.63) is 24.3 Å². The van der Waals surface area contributed by atoms with Crippen LogP contribution < -0.4 is 15.2 Å². The summed E-state index contributed by atoms with van der Waals surface area (Å²) < 4.78 is 15.3. The van der Waals surface area contributed by atoms with Crippen molar-refractivity contribution in [2.24, 2.45) is 5.73 Å². The van der Waals surface area contributed by atoms with Crippen LogP contribution in [-0.4, -0.2) is 31.2 Å². The second kappa shape index (κ2) is 7.92. The minimum atomic E-state index is -0.832. The highest BCUT2D eigenvalue weighted by Crippen LogP contribution is 2.17. The van der Waals surface area contributed by atoms with E-state index in [4.69, 9.17) is 15.2 Å². The summed E-state index contributed by atoms with van der Waals surface area (Å²) in [7, 11) is 0. The molecule has 0 bridgehead atoms. The fourth-order valence-electron chi connectivity index (χ4n) is 1.10. The van der Waals surface area contributed by atoms with E-state index in [9.17, 15) is 4.79 Å². The van der Waals surface area contributed by atoms with Gasteiger partial charge in [0.15, 0.2) is 0 Å². The molecule has 0 fully saturated rings. The van der Waals surface area contributed by atoms with E-state index >= 15 is 0 Å². The first-order valence-corrected chi connectivity index (χ1v) is 6.18. The van der Waals surface area contributed by atoms with Crippen molar-refractivity contribution in [3.63, 3.8) is 0 Å². The third-order valence-corrected chi connectivity index (χ3v) is 2.08. The molecule has 0 radical (unpaired) electrons. The van der Waals surface area contributed by atoms with Gasteiger partial charge in [-0.2, -0.15) is 0 Å². The minimum Gasteiger partial charge on any atom is -0.491 e. The second-order valence-corrected chi connectivity index (χ2v) is 3.84. The van der Waals surface area contributed by atoms with Gasteiger partial charge in [0.05, 0.1) is 13.2 Å². The van der Waals surface area contributed by atoms with Gasteiger partial charge in [-0.3, -0.25) is 0 Å². The van der Waals surface area contributed by atoms with Crippen molar-refractivity contribution in [1.29, 1.82) is 0 Å². The molecule has 2 N–H and O–H groups in total. The molecule has 1 amide bonds. The Hall–Kier alpha value is -1.27. The highest BCUT2D eigenvalue weighted by atomic mass is 79.9. The number of hydrogen-bond donors (Lipinski definition) is 1. The molecule has 0 heterocycles. The van der Waals surface area contributed by atoms with Crippen LogP contribution in [0.2, 0.25) is 0 Å². The number of rotatable bonds is 7. The molecule has 0 aliphatic rings. The van der Waals surface area contributed by atoms with E-state index in [0.717, 1.165) is 5.33 Å². The van der Waals surface area contributed by atoms with Crippen molar-refractivity contribution >= 4 is 22.0 Å². The Morgan fingerprint density at radius 3 is 2.35 bits per heavy atom. The van der Waals surface area contributed by atoms with Crippen molar-refractivity contribution in [2.75, 3.05) is 25.2 Å². The van der Waals surface area contributed by atoms with Crippen molar-refractivity contribution in [1.82, 2.24) is 0 Å². The van der Waals surface area contributed by atoms with Gasteiger partial charge in [-0.1, -0.05) is 15.9 Å². The highest BCUT2D eigenvalue weighted by Gasteiger charge is 1.99. The van der Waals surface area contributed by atoms with Gasteiger partial charge < -0.3 is 19.9 Å². The molecule has 5 nitrogen and oxygen atoms in total. The predicted molar refractivity (Wildman–Crippen MR) is 66.8 cm³/mol. The summed E-state index contributed by atoms with van der Waals surface area (Å²) in [4.78, 5) is 10.5. The maximum absolute atomic E-state index is 10.5. The fraction of sp³-hybridized carbons (Fsp3) is 0.364. The van der Waals surface area contributed by atoms with Crippen molar-refractivity contribution in [2.45, 2.75) is 0 Å². The number of carbonyl (C=O) groups is 1. The van der Waals surface area contributed by atoms with Crippen molar-refractivity contribution < 1.29 is 19.0 Å². The zero-order valence-electron chi connectivity index (χ0n) is 9.23. The van der Waals surface area contributed by atoms with Gasteiger partial charge in [-0.05, 0) is 24.3 Å². The van der Waals surface area contributed by atoms with E-state index in [1.807, 2.05) is 0 Å². The lowest BCUT2D eigenvalue weighted by molar-refractivity contribution is 0.112. The van der Waals surface area contributed by atoms with Crippen LogP contribution >= 0.6 is 15.9 Å². The average Bonchev–Trinajstić information content (AvgIpc) is 2.30. The predicted octanol–water partition coefficient (Wildman–Crippen LogP) is 1.93. The molecule has 0 aromatic heterocycles. The Labute approximate surface area is 108 Å². The van der Waals surface area contributed by atoms with Gasteiger partial charge in [0.1, 0.15) is 18.1 Å². The van der Waals surface area contributed by atoms with Crippen LogP contribution in [0.1, 0.15) is 0 Å². The van der Waals surface area contributed by atoms with Crippen molar-refractivity contribution in [3.8, 4) is 11.5 Å². The summed E-state index contributed by atoms with van der Waals surface area (Å²) in [5.74, 6) is 1.07. The van der Waals surface area contributed by atoms with E-state index in [1.54, 1.807) is 24.3 Å². The molecule has 1 aromatic carbocycles. The molecule has 17 heavy (non-hydrogen) atoms. The molecule has 6 heteroatoms. The average molecular weight is 304 g/mol. The molecule has 94 valence electrons. The van der Waals surface area contributed by atoms with Crippen LogP contribution in [0.5, 0.6) is 11.5 Å². The number of amides is 1. The Kier molecular flexibility index (Phi) is 6.42. The summed E-state index contributed by atoms with van der Waals surface area (Å²) in [6.07, 6.45) is -0.832. The number of ether oxygens (including phenoxy) is 3. The SMILES string of the molecule is NC(=O)Oc1ccc(OCCOCCBr)cc1. The second-order valence-electron chi connectivity index (χ2n) is 3.04. The van der Waals surface area contributed by atoms with Crippen LogP contribution in [0.3, 0.4) is 0 Å². The number of alkyl halides is 1. The maximum atomic E-state index is 10.5. The standard InChI is InChI=1S/C11H14BrNO4/c12-5-6-15-7-8-16-9-1-3-10(4-2-9)17-11(13)14/h1-4H,5-8H2,(H2,13,14). The normalized spacial score (nSPS) is 9.94. The molecular weight excluding hydrogens is 290 g/mol. The molecule has 0 saturated heterocycles. The van der Waals surface area contributed by atoms with E-state index in [2.05, 4.69) is 20.7 Å². The van der Waals surface area contributed by atoms with Crippen LogP contribution in [0.4, 0.5) is 4.79 Å². The number of benzene rings is 1. The molecule has 0 aliphatic carbocycles. The van der Waals surface area contributed by atoms with Gasteiger partial charge in [-0.25, -0.2) is 4.79 Å². The zero-order valence-corrected chi connectivity index (χ0v) is 10.8. The summed E-state index contributed by atoms with van der Waals surface area (Å²) >= 11 is 3.26. The largest absolute Gasteiger partial charge is 0.491 e. The molecule has 1 aromatic rings. The summed E-state index contributed by atoms with van der Waals surface area (Å²) in [6, 6.07) is 6.62. The van der Waals surface area contributed by atoms with Gasteiger partial charge in [0.25, 0.3) is 0 Å². The van der Waals surface area contributed by atoms with Crippen LogP contribution in [0.15, 0.2) is 24.3 Å². The molecule has 1 rings (SSSR count). The number of halogens is 1.